The maximum absolute atomic E-state index is 13.0. The zero-order valence-electron chi connectivity index (χ0n) is 14.9. The van der Waals surface area contributed by atoms with Gasteiger partial charge in [-0.2, -0.15) is 0 Å². The molecule has 0 spiro atoms. The summed E-state index contributed by atoms with van der Waals surface area (Å²) < 4.78 is 5.25. The van der Waals surface area contributed by atoms with Crippen molar-refractivity contribution in [2.75, 3.05) is 20.1 Å². The first-order valence-electron chi connectivity index (χ1n) is 8.38. The van der Waals surface area contributed by atoms with Gasteiger partial charge in [-0.05, 0) is 53.6 Å². The first-order valence-corrected chi connectivity index (χ1v) is 8.38. The minimum Gasteiger partial charge on any atom is -0.444 e. The zero-order chi connectivity index (χ0) is 18.1. The van der Waals surface area contributed by atoms with Crippen molar-refractivity contribution in [1.29, 1.82) is 0 Å². The SMILES string of the molecule is CN1CC[C@H]2CC[C@@H](C(N)=O)N2C(=O)[C@@H](NC(=O)OC(C)(C)C)C1. The number of amides is 3. The van der Waals surface area contributed by atoms with Crippen molar-refractivity contribution in [3.8, 4) is 0 Å². The molecule has 24 heavy (non-hydrogen) atoms. The maximum Gasteiger partial charge on any atom is 0.408 e. The normalized spacial score (nSPS) is 28.8. The number of nitrogens with one attached hydrogen (secondary N) is 1. The van der Waals surface area contributed by atoms with Crippen LogP contribution in [0.25, 0.3) is 0 Å². The van der Waals surface area contributed by atoms with E-state index in [0.29, 0.717) is 13.0 Å². The van der Waals surface area contributed by atoms with Gasteiger partial charge in [0, 0.05) is 12.6 Å². The van der Waals surface area contributed by atoms with Crippen molar-refractivity contribution >= 4 is 17.9 Å². The van der Waals surface area contributed by atoms with Gasteiger partial charge in [0.2, 0.25) is 11.8 Å². The highest BCUT2D eigenvalue weighted by Crippen LogP contribution is 2.28. The van der Waals surface area contributed by atoms with Crippen molar-refractivity contribution in [2.24, 2.45) is 5.73 Å². The first kappa shape index (κ1) is 18.5. The summed E-state index contributed by atoms with van der Waals surface area (Å²) >= 11 is 0. The standard InChI is InChI=1S/C16H28N4O4/c1-16(2,3)24-15(23)18-11-9-19(4)8-7-10-5-6-12(13(17)21)20(10)14(11)22/h10-12H,5-9H2,1-4H3,(H2,17,21)(H,18,23)/t10-,11+,12+/m1/s1. The Labute approximate surface area is 142 Å². The molecular weight excluding hydrogens is 312 g/mol. The highest BCUT2D eigenvalue weighted by molar-refractivity contribution is 5.91. The molecule has 0 aromatic carbocycles. The lowest BCUT2D eigenvalue weighted by Gasteiger charge is -2.37. The number of fused-ring (bicyclic) bond motifs is 1. The zero-order valence-corrected chi connectivity index (χ0v) is 14.9. The smallest absolute Gasteiger partial charge is 0.408 e. The Bertz CT molecular complexity index is 517. The lowest BCUT2D eigenvalue weighted by molar-refractivity contribution is -0.142. The number of hydrogen-bond donors (Lipinski definition) is 2. The van der Waals surface area contributed by atoms with Crippen molar-refractivity contribution in [3.63, 3.8) is 0 Å². The van der Waals surface area contributed by atoms with Crippen LogP contribution in [0.1, 0.15) is 40.0 Å². The number of nitrogens with two attached hydrogens (primary N) is 1. The Balaban J connectivity index is 2.17. The largest absolute Gasteiger partial charge is 0.444 e. The van der Waals surface area contributed by atoms with E-state index < -0.39 is 29.7 Å². The fraction of sp³-hybridized carbons (Fsp3) is 0.812. The van der Waals surface area contributed by atoms with Crippen molar-refractivity contribution < 1.29 is 19.1 Å². The highest BCUT2D eigenvalue weighted by atomic mass is 16.6. The number of hydrogen-bond acceptors (Lipinski definition) is 5. The second kappa shape index (κ2) is 6.96. The number of nitrogens with zero attached hydrogens (tertiary/aromatic N) is 2. The molecule has 3 atom stereocenters. The van der Waals surface area contributed by atoms with Crippen LogP contribution in [0.2, 0.25) is 0 Å². The molecule has 3 N–H and O–H groups in total. The molecule has 2 rings (SSSR count). The van der Waals surface area contributed by atoms with Crippen LogP contribution >= 0.6 is 0 Å². The third-order valence-corrected chi connectivity index (χ3v) is 4.41. The maximum atomic E-state index is 13.0. The van der Waals surface area contributed by atoms with Gasteiger partial charge < -0.3 is 25.6 Å². The monoisotopic (exact) mass is 340 g/mol. The van der Waals surface area contributed by atoms with E-state index in [9.17, 15) is 14.4 Å². The lowest BCUT2D eigenvalue weighted by atomic mass is 10.1. The molecule has 0 aliphatic carbocycles. The molecule has 2 heterocycles. The minimum absolute atomic E-state index is 0.0133. The number of carbonyl (C=O) groups is 3. The van der Waals surface area contributed by atoms with Gasteiger partial charge in [0.05, 0.1) is 0 Å². The average Bonchev–Trinajstić information content (AvgIpc) is 2.84. The average molecular weight is 340 g/mol. The topological polar surface area (TPSA) is 105 Å². The van der Waals surface area contributed by atoms with E-state index in [1.54, 1.807) is 25.7 Å². The third-order valence-electron chi connectivity index (χ3n) is 4.41. The van der Waals surface area contributed by atoms with Gasteiger partial charge in [0.15, 0.2) is 0 Å². The van der Waals surface area contributed by atoms with E-state index in [-0.39, 0.29) is 11.9 Å². The number of alkyl carbamates (subject to hydrolysis) is 1. The molecule has 0 aromatic rings. The molecule has 136 valence electrons. The number of primary amides is 1. The fourth-order valence-electron chi connectivity index (χ4n) is 3.37. The van der Waals surface area contributed by atoms with Gasteiger partial charge in [-0.15, -0.1) is 0 Å². The van der Waals surface area contributed by atoms with Crippen LogP contribution in [0.5, 0.6) is 0 Å². The van der Waals surface area contributed by atoms with Crippen LogP contribution in [0, 0.1) is 0 Å². The number of ether oxygens (including phenoxy) is 1. The van der Waals surface area contributed by atoms with E-state index in [1.165, 1.54) is 0 Å². The lowest BCUT2D eigenvalue weighted by Crippen LogP contribution is -2.60. The van der Waals surface area contributed by atoms with Crippen LogP contribution in [-0.4, -0.2) is 71.6 Å². The second-order valence-corrected chi connectivity index (χ2v) is 7.64. The predicted octanol–water partition coefficient (Wildman–Crippen LogP) is 0.0601. The molecule has 0 bridgehead atoms. The predicted molar refractivity (Wildman–Crippen MR) is 88.1 cm³/mol. The third kappa shape index (κ3) is 4.37. The molecule has 3 amide bonds. The Morgan fingerprint density at radius 2 is 1.92 bits per heavy atom. The molecule has 0 radical (unpaired) electrons. The van der Waals surface area contributed by atoms with Gasteiger partial charge in [-0.1, -0.05) is 0 Å². The van der Waals surface area contributed by atoms with Crippen molar-refractivity contribution in [2.45, 2.75) is 63.8 Å². The van der Waals surface area contributed by atoms with Gasteiger partial charge in [0.1, 0.15) is 17.7 Å². The molecule has 2 aliphatic heterocycles. The van der Waals surface area contributed by atoms with Crippen molar-refractivity contribution in [3.05, 3.63) is 0 Å². The minimum atomic E-state index is -0.757. The van der Waals surface area contributed by atoms with E-state index in [4.69, 9.17) is 10.5 Å². The summed E-state index contributed by atoms with van der Waals surface area (Å²) in [7, 11) is 1.91. The molecule has 8 nitrogen and oxygen atoms in total. The van der Waals surface area contributed by atoms with E-state index in [1.807, 2.05) is 11.9 Å². The van der Waals surface area contributed by atoms with Crippen LogP contribution in [0.4, 0.5) is 4.79 Å². The van der Waals surface area contributed by atoms with Crippen LogP contribution in [0.3, 0.4) is 0 Å². The summed E-state index contributed by atoms with van der Waals surface area (Å²) in [5, 5.41) is 2.65. The van der Waals surface area contributed by atoms with E-state index in [0.717, 1.165) is 19.4 Å². The molecular formula is C16H28N4O4. The van der Waals surface area contributed by atoms with E-state index >= 15 is 0 Å². The Kier molecular flexibility index (Phi) is 5.37. The molecule has 0 aromatic heterocycles. The summed E-state index contributed by atoms with van der Waals surface area (Å²) in [5.74, 6) is -0.755. The van der Waals surface area contributed by atoms with Gasteiger partial charge in [-0.25, -0.2) is 4.79 Å². The van der Waals surface area contributed by atoms with Crippen LogP contribution in [-0.2, 0) is 14.3 Å². The number of likely N-dealkylation sites (N-methyl/N-ethyl adjacent to an activating group) is 1. The van der Waals surface area contributed by atoms with Crippen molar-refractivity contribution in [1.82, 2.24) is 15.1 Å². The van der Waals surface area contributed by atoms with Gasteiger partial charge in [-0.3, -0.25) is 9.59 Å². The highest BCUT2D eigenvalue weighted by Gasteiger charge is 2.44. The van der Waals surface area contributed by atoms with Gasteiger partial charge in [0.25, 0.3) is 0 Å². The summed E-state index contributed by atoms with van der Waals surface area (Å²) in [6.45, 7) is 6.44. The van der Waals surface area contributed by atoms with Crippen LogP contribution < -0.4 is 11.1 Å². The Morgan fingerprint density at radius 3 is 2.50 bits per heavy atom. The summed E-state index contributed by atoms with van der Waals surface area (Å²) in [4.78, 5) is 40.3. The fourth-order valence-corrected chi connectivity index (χ4v) is 3.37. The summed E-state index contributed by atoms with van der Waals surface area (Å²) in [6, 6.07) is -1.36. The second-order valence-electron chi connectivity index (χ2n) is 7.64. The van der Waals surface area contributed by atoms with Gasteiger partial charge >= 0.3 is 6.09 Å². The number of rotatable bonds is 2. The molecule has 0 unspecified atom stereocenters. The quantitative estimate of drug-likeness (QED) is 0.739. The van der Waals surface area contributed by atoms with Crippen LogP contribution in [0.15, 0.2) is 0 Å². The molecule has 8 heteroatoms. The first-order chi connectivity index (χ1) is 11.1. The number of carbonyl (C=O) groups excluding carboxylic acids is 3. The summed E-state index contributed by atoms with van der Waals surface area (Å²) in [6.07, 6.45) is 1.49. The van der Waals surface area contributed by atoms with E-state index in [2.05, 4.69) is 5.32 Å². The molecule has 2 fully saturated rings. The molecule has 0 saturated carbocycles. The Morgan fingerprint density at radius 1 is 1.25 bits per heavy atom. The molecule has 2 aliphatic rings. The Hall–Kier alpha value is -1.83. The summed E-state index contributed by atoms with van der Waals surface area (Å²) in [5.41, 5.74) is 4.81. The molecule has 2 saturated heterocycles.